The number of rotatable bonds is 23. The molecule has 28 nitrogen and oxygen atoms in total. The van der Waals surface area contributed by atoms with Crippen molar-refractivity contribution < 1.29 is 37.7 Å². The molecule has 3 amide bonds. The summed E-state index contributed by atoms with van der Waals surface area (Å²) in [6.07, 6.45) is 14.4. The molecule has 1 aliphatic carbocycles. The maximum Gasteiger partial charge on any atom is 0.318 e. The third-order valence-electron chi connectivity index (χ3n) is 29.1. The number of likely N-dealkylation sites (tertiary alicyclic amines) is 3. The zero-order valence-corrected chi connectivity index (χ0v) is 75.6. The fourth-order valence-electron chi connectivity index (χ4n) is 21.9. The quantitative estimate of drug-likeness (QED) is 0.0538. The first-order valence-electron chi connectivity index (χ1n) is 46.8. The van der Waals surface area contributed by atoms with Gasteiger partial charge >= 0.3 is 18.0 Å². The predicted octanol–water partition coefficient (Wildman–Crippen LogP) is 12.6. The van der Waals surface area contributed by atoms with E-state index in [1.54, 1.807) is 14.7 Å². The summed E-state index contributed by atoms with van der Waals surface area (Å²) in [6, 6.07) is 48.4. The van der Waals surface area contributed by atoms with Gasteiger partial charge in [0.1, 0.15) is 42.6 Å². The van der Waals surface area contributed by atoms with Gasteiger partial charge in [-0.25, -0.2) is 4.39 Å². The molecule has 9 aromatic rings. The summed E-state index contributed by atoms with van der Waals surface area (Å²) in [7, 11) is 4.26. The number of ether oxygens (including phenoxy) is 4. The molecule has 0 radical (unpaired) electrons. The van der Waals surface area contributed by atoms with Crippen molar-refractivity contribution in [3.05, 3.63) is 215 Å². The van der Waals surface area contributed by atoms with Crippen LogP contribution in [-0.2, 0) is 71.4 Å². The molecule has 0 saturated carbocycles. The monoisotopic (exact) mass is 1770 g/mol. The number of fused-ring (bicyclic) bond motifs is 5. The second-order valence-electron chi connectivity index (χ2n) is 36.8. The first-order chi connectivity index (χ1) is 64.0. The summed E-state index contributed by atoms with van der Waals surface area (Å²) < 4.78 is 39.2. The number of nitrogens with zero attached hydrogens (tertiary/aromatic N) is 21. The standard InChI is InChI=1S/C37H43N7O3.C33H39N7O2.C32H36FN7O2/c1-2-34(45)44-18-17-42(22-28(44)9-14-38)36-31-23-43(33-21-26-7-3-5-25-6-4-8-30(33)35(25)26)24-32(31)39-37(40-36)47-29-10-15-41(16-11-29)27-12-19-46-20-13-27;1-4-31(41)40-18-17-38(19-25(40)14-15-34)32-29-20-39(23(2)27-13-7-10-24-9-5-6-12-28(24)27)21-30(29)35-33(36-32)42-22-26-11-8-16-37(26)3;1-3-30(41)40-16-15-39(18-23(40)12-13-34)31-27-19-38(17-22-10-11-28(33)26-9-5-4-8-25(22)26)20-29(27)35-32(36-31)42-21-24-7-6-14-37(24)2/h2-8,27-29,33H,1,9-13,15-24H2;4-7,9-10,12-13,23,25-26H,1,8,11,14,16-22H2,2-3H3;3-5,8-11,23-24H,1,6-7,12,14-21H2,2H3/t28-,33?;23?,25-,26-;23-,24-/m000/s1. The van der Waals surface area contributed by atoms with Gasteiger partial charge in [0.2, 0.25) is 17.7 Å². The van der Waals surface area contributed by atoms with E-state index in [1.807, 2.05) is 30.3 Å². The average Bonchev–Trinajstić information content (AvgIpc) is 1.64. The van der Waals surface area contributed by atoms with Crippen molar-refractivity contribution in [1.29, 1.82) is 15.8 Å². The van der Waals surface area contributed by atoms with Gasteiger partial charge in [-0.1, -0.05) is 129 Å². The average molecular weight is 1770 g/mol. The Hall–Kier alpha value is -12.1. The molecule has 131 heavy (non-hydrogen) atoms. The second kappa shape index (κ2) is 40.3. The van der Waals surface area contributed by atoms with Gasteiger partial charge in [0.05, 0.1) is 72.7 Å². The van der Waals surface area contributed by atoms with E-state index in [4.69, 9.17) is 48.9 Å². The number of carbonyl (C=O) groups excluding carboxylic acids is 3. The van der Waals surface area contributed by atoms with Crippen LogP contribution in [0.5, 0.6) is 18.0 Å². The number of anilines is 3. The normalized spacial score (nSPS) is 22.3. The van der Waals surface area contributed by atoms with Crippen molar-refractivity contribution in [3.8, 4) is 36.2 Å². The van der Waals surface area contributed by atoms with Crippen LogP contribution in [0.4, 0.5) is 21.8 Å². The number of carbonyl (C=O) groups is 3. The molecule has 13 heterocycles. The topological polar surface area (TPSA) is 276 Å². The van der Waals surface area contributed by atoms with Crippen LogP contribution in [0.25, 0.3) is 32.3 Å². The maximum absolute atomic E-state index is 14.5. The van der Waals surface area contributed by atoms with Crippen LogP contribution in [0.3, 0.4) is 0 Å². The predicted molar refractivity (Wildman–Crippen MR) is 500 cm³/mol. The van der Waals surface area contributed by atoms with E-state index in [1.165, 1.54) is 69.0 Å². The van der Waals surface area contributed by atoms with Crippen LogP contribution in [0.15, 0.2) is 153 Å². The van der Waals surface area contributed by atoms with Crippen LogP contribution >= 0.6 is 0 Å². The number of piperidine rings is 1. The molecular weight excluding hydrogens is 1650 g/mol. The largest absolute Gasteiger partial charge is 0.462 e. The molecule has 6 aromatic carbocycles. The number of benzene rings is 6. The van der Waals surface area contributed by atoms with Crippen LogP contribution in [0.1, 0.15) is 146 Å². The van der Waals surface area contributed by atoms with E-state index in [-0.39, 0.29) is 79.1 Å². The lowest BCUT2D eigenvalue weighted by Gasteiger charge is -2.41. The van der Waals surface area contributed by atoms with Crippen LogP contribution in [0.2, 0.25) is 0 Å². The Balaban J connectivity index is 0.000000132. The van der Waals surface area contributed by atoms with Crippen LogP contribution in [0, 0.1) is 39.8 Å². The summed E-state index contributed by atoms with van der Waals surface area (Å²) in [5.74, 6) is 1.89. The van der Waals surface area contributed by atoms with E-state index in [9.17, 15) is 34.6 Å². The highest BCUT2D eigenvalue weighted by Crippen LogP contribution is 2.46. The molecule has 20 rings (SSSR count). The van der Waals surface area contributed by atoms with E-state index in [2.05, 4.69) is 182 Å². The Kier molecular flexibility index (Phi) is 27.5. The van der Waals surface area contributed by atoms with Crippen molar-refractivity contribution in [2.45, 2.75) is 184 Å². The first-order valence-corrected chi connectivity index (χ1v) is 46.8. The molecule has 2 unspecified atom stereocenters. The Morgan fingerprint density at radius 3 is 1.58 bits per heavy atom. The molecule has 0 bridgehead atoms. The highest BCUT2D eigenvalue weighted by Gasteiger charge is 2.43. The van der Waals surface area contributed by atoms with Crippen molar-refractivity contribution in [1.82, 2.24) is 74.0 Å². The molecule has 7 fully saturated rings. The summed E-state index contributed by atoms with van der Waals surface area (Å²) in [4.78, 5) is 94.1. The van der Waals surface area contributed by atoms with Gasteiger partial charge in [0.15, 0.2) is 0 Å². The minimum Gasteiger partial charge on any atom is -0.462 e. The number of nitriles is 3. The van der Waals surface area contributed by atoms with Crippen molar-refractivity contribution in [2.75, 3.05) is 140 Å². The van der Waals surface area contributed by atoms with Gasteiger partial charge in [0.25, 0.3) is 0 Å². The number of amides is 3. The van der Waals surface area contributed by atoms with Crippen molar-refractivity contribution in [3.63, 3.8) is 0 Å². The van der Waals surface area contributed by atoms with Gasteiger partial charge in [-0.15, -0.1) is 0 Å². The zero-order chi connectivity index (χ0) is 90.3. The smallest absolute Gasteiger partial charge is 0.318 e. The molecule has 29 heteroatoms. The summed E-state index contributed by atoms with van der Waals surface area (Å²) in [5.41, 5.74) is 11.3. The van der Waals surface area contributed by atoms with Gasteiger partial charge < -0.3 is 58.1 Å². The van der Waals surface area contributed by atoms with E-state index >= 15 is 0 Å². The third-order valence-corrected chi connectivity index (χ3v) is 29.1. The molecule has 0 N–H and O–H groups in total. The number of halogens is 1. The van der Waals surface area contributed by atoms with Crippen molar-refractivity contribution >= 4 is 67.5 Å². The number of piperazine rings is 3. The van der Waals surface area contributed by atoms with Crippen molar-refractivity contribution in [2.24, 2.45) is 0 Å². The molecular formula is C102H118FN21O7. The SMILES string of the molecule is C=CC(=O)N1CCN(c2nc(OC3CCN(C4CCOCC4)CC3)nc3c2CN(C2Cc4cccc5cccc2c45)C3)C[C@@H]1CC#N.C=CC(=O)N1CCN(c2nc(OC[C@@H]3CCCN3C)nc3c2CN(C(C)c2cccc4ccccc24)C3)C[C@@H]1CC#N.C=CC(=O)N1CCN(c2nc(OC[C@@H]3CCCN3C)nc3c2CN(Cc2ccc(F)c4ccccc24)C3)C[C@@H]1CC#N. The number of aromatic nitrogens is 6. The second-order valence-corrected chi connectivity index (χ2v) is 36.8. The maximum atomic E-state index is 14.5. The highest BCUT2D eigenvalue weighted by atomic mass is 19.1. The minimum atomic E-state index is -0.264. The lowest BCUT2D eigenvalue weighted by atomic mass is 9.99. The summed E-state index contributed by atoms with van der Waals surface area (Å²) in [6.45, 7) is 29.9. The Bertz CT molecular complexity index is 5870. The van der Waals surface area contributed by atoms with Gasteiger partial charge in [0, 0.05) is 183 Å². The van der Waals surface area contributed by atoms with E-state index in [0.717, 1.165) is 173 Å². The number of hydrogen-bond acceptors (Lipinski definition) is 25. The summed E-state index contributed by atoms with van der Waals surface area (Å²) in [5, 5.41) is 35.4. The third kappa shape index (κ3) is 19.2. The van der Waals surface area contributed by atoms with Gasteiger partial charge in [-0.2, -0.15) is 45.7 Å². The van der Waals surface area contributed by atoms with E-state index in [0.29, 0.717) is 140 Å². The first kappa shape index (κ1) is 89.5. The lowest BCUT2D eigenvalue weighted by Crippen LogP contribution is -2.55. The highest BCUT2D eigenvalue weighted by molar-refractivity contribution is 5.92. The van der Waals surface area contributed by atoms with Crippen LogP contribution in [-0.4, -0.2) is 260 Å². The fraction of sp³-hybridized carbons (Fsp3) is 0.471. The van der Waals surface area contributed by atoms with Gasteiger partial charge in [-0.3, -0.25) is 34.0 Å². The molecule has 11 aliphatic rings. The van der Waals surface area contributed by atoms with Crippen LogP contribution < -0.4 is 28.9 Å². The molecule has 10 aliphatic heterocycles. The molecule has 680 valence electrons. The summed E-state index contributed by atoms with van der Waals surface area (Å²) >= 11 is 0. The zero-order valence-electron chi connectivity index (χ0n) is 75.6. The van der Waals surface area contributed by atoms with E-state index < -0.39 is 0 Å². The molecule has 7 saturated heterocycles. The lowest BCUT2D eigenvalue weighted by molar-refractivity contribution is -0.129. The Morgan fingerprint density at radius 2 is 1.01 bits per heavy atom. The molecule has 7 atom stereocenters. The molecule has 3 aromatic heterocycles. The number of hydrogen-bond donors (Lipinski definition) is 0. The fourth-order valence-corrected chi connectivity index (χ4v) is 21.9. The Labute approximate surface area is 766 Å². The minimum absolute atomic E-state index is 0.0739. The number of likely N-dealkylation sites (N-methyl/N-ethyl adjacent to an activating group) is 2. The Morgan fingerprint density at radius 1 is 0.504 bits per heavy atom. The molecule has 0 spiro atoms. The van der Waals surface area contributed by atoms with Gasteiger partial charge in [-0.05, 0) is 165 Å².